The van der Waals surface area contributed by atoms with Gasteiger partial charge < -0.3 is 9.80 Å². The van der Waals surface area contributed by atoms with Crippen LogP contribution in [0.5, 0.6) is 0 Å². The van der Waals surface area contributed by atoms with Crippen molar-refractivity contribution < 1.29 is 18.4 Å². The van der Waals surface area contributed by atoms with Gasteiger partial charge in [-0.15, -0.1) is 11.8 Å². The third-order valence-corrected chi connectivity index (χ3v) is 7.29. The van der Waals surface area contributed by atoms with Crippen molar-refractivity contribution in [1.29, 1.82) is 5.26 Å². The lowest BCUT2D eigenvalue weighted by Crippen LogP contribution is -2.50. The topological polar surface area (TPSA) is 64.4 Å². The molecule has 2 aliphatic rings. The molecule has 1 fully saturated rings. The number of carbonyl (C=O) groups is 2. The highest BCUT2D eigenvalue weighted by Crippen LogP contribution is 2.54. The maximum atomic E-state index is 14.4. The molecule has 0 N–H and O–H groups in total. The van der Waals surface area contributed by atoms with Gasteiger partial charge in [-0.25, -0.2) is 8.78 Å². The van der Waals surface area contributed by atoms with Gasteiger partial charge in [-0.05, 0) is 54.1 Å². The first-order chi connectivity index (χ1) is 15.9. The third-order valence-electron chi connectivity index (χ3n) is 5.87. The van der Waals surface area contributed by atoms with Gasteiger partial charge in [0.15, 0.2) is 4.87 Å². The van der Waals surface area contributed by atoms with Crippen molar-refractivity contribution in [2.75, 3.05) is 17.2 Å². The summed E-state index contributed by atoms with van der Waals surface area (Å²) in [6.45, 7) is 0.427. The minimum atomic E-state index is -1.44. The van der Waals surface area contributed by atoms with E-state index >= 15 is 0 Å². The van der Waals surface area contributed by atoms with Crippen molar-refractivity contribution in [1.82, 2.24) is 4.90 Å². The Morgan fingerprint density at radius 2 is 1.85 bits per heavy atom. The summed E-state index contributed by atoms with van der Waals surface area (Å²) in [7, 11) is 0. The van der Waals surface area contributed by atoms with Crippen molar-refractivity contribution in [3.05, 3.63) is 101 Å². The monoisotopic (exact) mass is 461 g/mol. The molecule has 5 nitrogen and oxygen atoms in total. The Morgan fingerprint density at radius 3 is 2.64 bits per heavy atom. The Morgan fingerprint density at radius 1 is 1.06 bits per heavy atom. The minimum absolute atomic E-state index is 0.128. The number of rotatable bonds is 3. The minimum Gasteiger partial charge on any atom is -0.311 e. The van der Waals surface area contributed by atoms with Crippen LogP contribution in [0.15, 0.2) is 66.7 Å². The molecular formula is C25H17F2N3O2S. The second-order valence-electron chi connectivity index (χ2n) is 7.82. The summed E-state index contributed by atoms with van der Waals surface area (Å²) in [6, 6.07) is 18.4. The summed E-state index contributed by atoms with van der Waals surface area (Å²) in [6.07, 6.45) is 0. The van der Waals surface area contributed by atoms with E-state index in [0.29, 0.717) is 22.6 Å². The van der Waals surface area contributed by atoms with Gasteiger partial charge in [0, 0.05) is 23.4 Å². The average molecular weight is 461 g/mol. The molecular weight excluding hydrogens is 444 g/mol. The molecule has 2 aliphatic heterocycles. The highest BCUT2D eigenvalue weighted by atomic mass is 32.2. The van der Waals surface area contributed by atoms with Crippen molar-refractivity contribution >= 4 is 29.3 Å². The zero-order valence-corrected chi connectivity index (χ0v) is 18.1. The fraction of sp³-hybridized carbons (Fsp3) is 0.160. The number of carbonyl (C=O) groups excluding carboxylic acids is 2. The van der Waals surface area contributed by atoms with E-state index in [1.54, 1.807) is 24.3 Å². The quantitative estimate of drug-likeness (QED) is 0.579. The number of fused-ring (bicyclic) bond motifs is 2. The van der Waals surface area contributed by atoms with Gasteiger partial charge in [-0.3, -0.25) is 9.59 Å². The fourth-order valence-electron chi connectivity index (χ4n) is 4.44. The van der Waals surface area contributed by atoms with Gasteiger partial charge in [0.1, 0.15) is 11.6 Å². The number of halogens is 2. The van der Waals surface area contributed by atoms with Crippen LogP contribution in [0, 0.1) is 23.0 Å². The number of hydrogen-bond acceptors (Lipinski definition) is 4. The number of nitriles is 1. The average Bonchev–Trinajstić information content (AvgIpc) is 3.36. The van der Waals surface area contributed by atoms with Gasteiger partial charge in [-0.2, -0.15) is 5.26 Å². The molecule has 1 saturated heterocycles. The normalized spacial score (nSPS) is 19.1. The van der Waals surface area contributed by atoms with Crippen molar-refractivity contribution in [2.24, 2.45) is 0 Å². The largest absolute Gasteiger partial charge is 0.311 e. The molecule has 1 atom stereocenters. The van der Waals surface area contributed by atoms with Gasteiger partial charge in [0.25, 0.3) is 11.8 Å². The Kier molecular flexibility index (Phi) is 5.14. The molecule has 8 heteroatoms. The van der Waals surface area contributed by atoms with Crippen LogP contribution in [0.2, 0.25) is 0 Å². The number of thioether (sulfide) groups is 1. The number of nitrogens with zero attached hydrogens (tertiary/aromatic N) is 3. The van der Waals surface area contributed by atoms with Crippen molar-refractivity contribution in [3.63, 3.8) is 0 Å². The smallest absolute Gasteiger partial charge is 0.268 e. The molecule has 0 unspecified atom stereocenters. The van der Waals surface area contributed by atoms with Gasteiger partial charge in [0.2, 0.25) is 0 Å². The summed E-state index contributed by atoms with van der Waals surface area (Å²) in [5, 5.41) is 9.21. The Hall–Kier alpha value is -3.70. The number of hydrogen-bond donors (Lipinski definition) is 0. The Balaban J connectivity index is 1.60. The molecule has 0 radical (unpaired) electrons. The Bertz CT molecular complexity index is 1340. The molecule has 3 aromatic rings. The molecule has 3 aromatic carbocycles. The van der Waals surface area contributed by atoms with Crippen LogP contribution in [0.3, 0.4) is 0 Å². The molecule has 33 heavy (non-hydrogen) atoms. The number of benzene rings is 3. The second kappa shape index (κ2) is 8.01. The van der Waals surface area contributed by atoms with E-state index in [9.17, 15) is 23.6 Å². The summed E-state index contributed by atoms with van der Waals surface area (Å²) in [4.78, 5) is 28.8. The highest BCUT2D eigenvalue weighted by Gasteiger charge is 2.59. The first-order valence-corrected chi connectivity index (χ1v) is 11.2. The van der Waals surface area contributed by atoms with Crippen LogP contribution in [0.4, 0.5) is 14.5 Å². The lowest BCUT2D eigenvalue weighted by Gasteiger charge is -2.33. The summed E-state index contributed by atoms with van der Waals surface area (Å²) >= 11 is 1.27. The number of amides is 2. The standard InChI is InChI=1S/C25H17F2N3O2S/c26-19-6-2-5-18(12-19)23(31)30-9-10-33-25(30)21-13-20(27)7-8-22(21)29(24(25)32)15-17-4-1-3-16(11-17)14-28/h1-8,11-13H,9-10,15H2/t25-/m1/s1. The maximum Gasteiger partial charge on any atom is 0.268 e. The van der Waals surface area contributed by atoms with Crippen LogP contribution in [0.1, 0.15) is 27.0 Å². The van der Waals surface area contributed by atoms with E-state index < -0.39 is 22.4 Å². The van der Waals surface area contributed by atoms with Gasteiger partial charge in [0.05, 0.1) is 23.9 Å². The van der Waals surface area contributed by atoms with Crippen LogP contribution >= 0.6 is 11.8 Å². The van der Waals surface area contributed by atoms with E-state index in [4.69, 9.17) is 0 Å². The highest BCUT2D eigenvalue weighted by molar-refractivity contribution is 8.01. The van der Waals surface area contributed by atoms with Crippen LogP contribution in [0.25, 0.3) is 0 Å². The zero-order chi connectivity index (χ0) is 23.2. The van der Waals surface area contributed by atoms with Crippen LogP contribution in [-0.4, -0.2) is 29.0 Å². The fourth-order valence-corrected chi connectivity index (χ4v) is 5.90. The lowest BCUT2D eigenvalue weighted by molar-refractivity contribution is -0.123. The van der Waals surface area contributed by atoms with Crippen molar-refractivity contribution in [2.45, 2.75) is 11.4 Å². The van der Waals surface area contributed by atoms with E-state index in [1.165, 1.54) is 58.0 Å². The summed E-state index contributed by atoms with van der Waals surface area (Å²) < 4.78 is 28.1. The lowest BCUT2D eigenvalue weighted by atomic mass is 10.0. The summed E-state index contributed by atoms with van der Waals surface area (Å²) in [5.41, 5.74) is 2.24. The Labute approximate surface area is 193 Å². The number of anilines is 1. The first-order valence-electron chi connectivity index (χ1n) is 10.3. The zero-order valence-electron chi connectivity index (χ0n) is 17.3. The molecule has 0 aliphatic carbocycles. The molecule has 5 rings (SSSR count). The molecule has 2 heterocycles. The van der Waals surface area contributed by atoms with E-state index in [-0.39, 0.29) is 24.6 Å². The molecule has 0 bridgehead atoms. The predicted octanol–water partition coefficient (Wildman–Crippen LogP) is 4.43. The predicted molar refractivity (Wildman–Crippen MR) is 120 cm³/mol. The molecule has 1 spiro atoms. The molecule has 0 aromatic heterocycles. The van der Waals surface area contributed by atoms with E-state index in [1.807, 2.05) is 0 Å². The SMILES string of the molecule is N#Cc1cccc(CN2C(=O)[C@]3(SCCN3C(=O)c3cccc(F)c3)c3cc(F)ccc32)c1. The van der Waals surface area contributed by atoms with Crippen molar-refractivity contribution in [3.8, 4) is 6.07 Å². The maximum absolute atomic E-state index is 14.4. The van der Waals surface area contributed by atoms with E-state index in [2.05, 4.69) is 6.07 Å². The third kappa shape index (κ3) is 3.36. The van der Waals surface area contributed by atoms with Crippen LogP contribution < -0.4 is 4.90 Å². The molecule has 164 valence electrons. The first kappa shape index (κ1) is 21.2. The second-order valence-corrected chi connectivity index (χ2v) is 9.11. The molecule has 2 amide bonds. The van der Waals surface area contributed by atoms with Gasteiger partial charge in [-0.1, -0.05) is 18.2 Å². The summed E-state index contributed by atoms with van der Waals surface area (Å²) in [5.74, 6) is -1.44. The van der Waals surface area contributed by atoms with Crippen LogP contribution in [-0.2, 0) is 16.2 Å². The van der Waals surface area contributed by atoms with Gasteiger partial charge >= 0.3 is 0 Å². The molecule has 0 saturated carbocycles. The van der Waals surface area contributed by atoms with E-state index in [0.717, 1.165) is 11.6 Å².